The lowest BCUT2D eigenvalue weighted by Crippen LogP contribution is -2.54. The molecule has 2 aliphatic heterocycles. The lowest BCUT2D eigenvalue weighted by molar-refractivity contribution is 0.0489. The molecular weight excluding hydrogens is 340 g/mol. The van der Waals surface area contributed by atoms with Crippen molar-refractivity contribution in [2.75, 3.05) is 26.4 Å². The summed E-state index contributed by atoms with van der Waals surface area (Å²) in [5.41, 5.74) is 1.19. The highest BCUT2D eigenvalue weighted by Crippen LogP contribution is 2.35. The topological polar surface area (TPSA) is 50.8 Å². The van der Waals surface area contributed by atoms with Crippen molar-refractivity contribution >= 4 is 6.03 Å². The van der Waals surface area contributed by atoms with Gasteiger partial charge in [0.2, 0.25) is 0 Å². The van der Waals surface area contributed by atoms with Crippen LogP contribution in [0.4, 0.5) is 4.79 Å². The van der Waals surface area contributed by atoms with Crippen LogP contribution in [0.15, 0.2) is 24.3 Å². The van der Waals surface area contributed by atoms with Gasteiger partial charge in [-0.25, -0.2) is 4.79 Å². The molecule has 0 aromatic heterocycles. The Kier molecular flexibility index (Phi) is 6.64. The molecule has 2 atom stereocenters. The number of amides is 2. The molecule has 27 heavy (non-hydrogen) atoms. The van der Waals surface area contributed by atoms with Crippen LogP contribution in [0.5, 0.6) is 5.75 Å². The van der Waals surface area contributed by atoms with Gasteiger partial charge in [-0.1, -0.05) is 12.1 Å². The lowest BCUT2D eigenvalue weighted by atomic mass is 9.74. The summed E-state index contributed by atoms with van der Waals surface area (Å²) >= 11 is 0. The van der Waals surface area contributed by atoms with Crippen molar-refractivity contribution in [3.63, 3.8) is 0 Å². The second-order valence-electron chi connectivity index (χ2n) is 8.05. The van der Waals surface area contributed by atoms with E-state index in [4.69, 9.17) is 9.47 Å². The van der Waals surface area contributed by atoms with Crippen LogP contribution in [-0.2, 0) is 10.2 Å². The van der Waals surface area contributed by atoms with E-state index in [0.717, 1.165) is 44.6 Å². The zero-order chi connectivity index (χ0) is 19.3. The SMILES string of the molecule is CCOc1ccc(C2(CNC(=O)N3[C@H](C)CCC[C@@H]3C)CCOCC2)cc1. The van der Waals surface area contributed by atoms with Crippen LogP contribution >= 0.6 is 0 Å². The molecule has 5 heteroatoms. The Balaban J connectivity index is 1.72. The quantitative estimate of drug-likeness (QED) is 0.844. The molecule has 0 saturated carbocycles. The minimum Gasteiger partial charge on any atom is -0.494 e. The predicted molar refractivity (Wildman–Crippen MR) is 107 cm³/mol. The highest BCUT2D eigenvalue weighted by molar-refractivity contribution is 5.75. The number of likely N-dealkylation sites (tertiary alicyclic amines) is 1. The van der Waals surface area contributed by atoms with E-state index in [0.29, 0.717) is 25.2 Å². The first kappa shape index (κ1) is 20.0. The number of ether oxygens (including phenoxy) is 2. The third-order valence-electron chi connectivity index (χ3n) is 6.23. The maximum atomic E-state index is 12.9. The molecule has 0 unspecified atom stereocenters. The van der Waals surface area contributed by atoms with Crippen molar-refractivity contribution in [3.8, 4) is 5.75 Å². The molecule has 1 N–H and O–H groups in total. The molecule has 2 amide bonds. The molecular formula is C22H34N2O3. The molecule has 0 bridgehead atoms. The molecule has 2 saturated heterocycles. The Labute approximate surface area is 163 Å². The maximum Gasteiger partial charge on any atom is 0.317 e. The zero-order valence-corrected chi connectivity index (χ0v) is 17.0. The molecule has 2 heterocycles. The van der Waals surface area contributed by atoms with Gasteiger partial charge in [0.15, 0.2) is 0 Å². The van der Waals surface area contributed by atoms with Gasteiger partial charge >= 0.3 is 6.03 Å². The fourth-order valence-electron chi connectivity index (χ4n) is 4.56. The van der Waals surface area contributed by atoms with Gasteiger partial charge < -0.3 is 19.7 Å². The van der Waals surface area contributed by atoms with E-state index >= 15 is 0 Å². The Bertz CT molecular complexity index is 600. The van der Waals surface area contributed by atoms with Crippen LogP contribution in [-0.4, -0.2) is 49.4 Å². The predicted octanol–water partition coefficient (Wildman–Crippen LogP) is 4.11. The van der Waals surface area contributed by atoms with Crippen molar-refractivity contribution in [2.45, 2.75) is 70.4 Å². The van der Waals surface area contributed by atoms with Crippen LogP contribution in [0, 0.1) is 0 Å². The van der Waals surface area contributed by atoms with E-state index in [1.165, 1.54) is 12.0 Å². The van der Waals surface area contributed by atoms with Crippen molar-refractivity contribution in [1.82, 2.24) is 10.2 Å². The molecule has 5 nitrogen and oxygen atoms in total. The van der Waals surface area contributed by atoms with Crippen LogP contribution < -0.4 is 10.1 Å². The molecule has 3 rings (SSSR count). The number of hydrogen-bond acceptors (Lipinski definition) is 3. The number of carbonyl (C=O) groups excluding carboxylic acids is 1. The number of urea groups is 1. The number of nitrogens with zero attached hydrogens (tertiary/aromatic N) is 1. The molecule has 1 aromatic rings. The molecule has 0 aliphatic carbocycles. The van der Waals surface area contributed by atoms with E-state index in [-0.39, 0.29) is 11.4 Å². The van der Waals surface area contributed by atoms with Crippen molar-refractivity contribution in [1.29, 1.82) is 0 Å². The molecule has 2 fully saturated rings. The van der Waals surface area contributed by atoms with Crippen molar-refractivity contribution in [3.05, 3.63) is 29.8 Å². The van der Waals surface area contributed by atoms with Crippen LogP contribution in [0.1, 0.15) is 58.4 Å². The first-order valence-corrected chi connectivity index (χ1v) is 10.4. The Hall–Kier alpha value is -1.75. The van der Waals surface area contributed by atoms with Gasteiger partial charge in [-0.05, 0) is 70.6 Å². The van der Waals surface area contributed by atoms with E-state index in [1.54, 1.807) is 0 Å². The monoisotopic (exact) mass is 374 g/mol. The number of rotatable bonds is 5. The van der Waals surface area contributed by atoms with Gasteiger partial charge in [0.1, 0.15) is 5.75 Å². The van der Waals surface area contributed by atoms with E-state index in [2.05, 4.69) is 31.3 Å². The number of hydrogen-bond donors (Lipinski definition) is 1. The fourth-order valence-corrected chi connectivity index (χ4v) is 4.56. The van der Waals surface area contributed by atoms with E-state index < -0.39 is 0 Å². The standard InChI is InChI=1S/C22H34N2O3/c1-4-27-20-10-8-19(9-11-20)22(12-14-26-15-13-22)16-23-21(25)24-17(2)6-5-7-18(24)3/h8-11,17-18H,4-7,12-16H2,1-3H3,(H,23,25)/t17-,18+. The van der Waals surface area contributed by atoms with Gasteiger partial charge in [-0.3, -0.25) is 0 Å². The lowest BCUT2D eigenvalue weighted by Gasteiger charge is -2.41. The van der Waals surface area contributed by atoms with Crippen molar-refractivity contribution < 1.29 is 14.3 Å². The average molecular weight is 375 g/mol. The second kappa shape index (κ2) is 8.96. The number of carbonyl (C=O) groups is 1. The maximum absolute atomic E-state index is 12.9. The first-order chi connectivity index (χ1) is 13.1. The van der Waals surface area contributed by atoms with Gasteiger partial charge in [-0.2, -0.15) is 0 Å². The molecule has 1 aromatic carbocycles. The Morgan fingerprint density at radius 1 is 1.19 bits per heavy atom. The van der Waals surface area contributed by atoms with Gasteiger partial charge in [0, 0.05) is 37.3 Å². The van der Waals surface area contributed by atoms with E-state index in [9.17, 15) is 4.79 Å². The highest BCUT2D eigenvalue weighted by Gasteiger charge is 2.36. The first-order valence-electron chi connectivity index (χ1n) is 10.4. The number of benzene rings is 1. The Morgan fingerprint density at radius 2 is 1.81 bits per heavy atom. The molecule has 0 radical (unpaired) electrons. The third-order valence-corrected chi connectivity index (χ3v) is 6.23. The van der Waals surface area contributed by atoms with Gasteiger partial charge in [-0.15, -0.1) is 0 Å². The summed E-state index contributed by atoms with van der Waals surface area (Å²) in [6.07, 6.45) is 5.24. The highest BCUT2D eigenvalue weighted by atomic mass is 16.5. The second-order valence-corrected chi connectivity index (χ2v) is 8.05. The molecule has 2 aliphatic rings. The summed E-state index contributed by atoms with van der Waals surface area (Å²) < 4.78 is 11.2. The molecule has 0 spiro atoms. The Morgan fingerprint density at radius 3 is 2.41 bits per heavy atom. The van der Waals surface area contributed by atoms with Crippen molar-refractivity contribution in [2.24, 2.45) is 0 Å². The smallest absolute Gasteiger partial charge is 0.317 e. The normalized spacial score (nSPS) is 25.1. The van der Waals surface area contributed by atoms with Crippen LogP contribution in [0.25, 0.3) is 0 Å². The molecule has 150 valence electrons. The third kappa shape index (κ3) is 4.57. The minimum absolute atomic E-state index is 0.0685. The van der Waals surface area contributed by atoms with Crippen LogP contribution in [0.3, 0.4) is 0 Å². The largest absolute Gasteiger partial charge is 0.494 e. The van der Waals surface area contributed by atoms with E-state index in [1.807, 2.05) is 24.0 Å². The summed E-state index contributed by atoms with van der Waals surface area (Å²) in [6, 6.07) is 9.06. The fraction of sp³-hybridized carbons (Fsp3) is 0.682. The summed E-state index contributed by atoms with van der Waals surface area (Å²) in [4.78, 5) is 15.0. The van der Waals surface area contributed by atoms with Gasteiger partial charge in [0.05, 0.1) is 6.61 Å². The summed E-state index contributed by atoms with van der Waals surface area (Å²) in [5, 5.41) is 3.26. The minimum atomic E-state index is -0.0685. The van der Waals surface area contributed by atoms with Gasteiger partial charge in [0.25, 0.3) is 0 Å². The summed E-state index contributed by atoms with van der Waals surface area (Å²) in [7, 11) is 0. The summed E-state index contributed by atoms with van der Waals surface area (Å²) in [5.74, 6) is 0.892. The average Bonchev–Trinajstić information content (AvgIpc) is 2.68. The summed E-state index contributed by atoms with van der Waals surface area (Å²) in [6.45, 7) is 9.10. The van der Waals surface area contributed by atoms with Crippen LogP contribution in [0.2, 0.25) is 0 Å². The number of piperidine rings is 1. The number of nitrogens with one attached hydrogen (secondary N) is 1. The zero-order valence-electron chi connectivity index (χ0n) is 17.0.